The third-order valence-electron chi connectivity index (χ3n) is 8.88. The summed E-state index contributed by atoms with van der Waals surface area (Å²) in [6.45, 7) is 2.17. The molecule has 1 unspecified atom stereocenters. The van der Waals surface area contributed by atoms with Crippen molar-refractivity contribution in [2.75, 3.05) is 0 Å². The number of hydrogen-bond acceptors (Lipinski definition) is 2. The summed E-state index contributed by atoms with van der Waals surface area (Å²) in [5.74, 6) is -2.37. The Morgan fingerprint density at radius 2 is 1.87 bits per heavy atom. The molecule has 2 heterocycles. The maximum atomic E-state index is 14.4. The van der Waals surface area contributed by atoms with Gasteiger partial charge in [-0.3, -0.25) is 0 Å². The second-order valence-electron chi connectivity index (χ2n) is 11.0. The number of benzene rings is 2. The number of rotatable bonds is 2. The Hall–Kier alpha value is -3.68. The highest BCUT2D eigenvalue weighted by atomic mass is 19.4. The molecule has 4 aromatic rings. The Labute approximate surface area is 217 Å². The van der Waals surface area contributed by atoms with Crippen LogP contribution >= 0.6 is 0 Å². The van der Waals surface area contributed by atoms with Gasteiger partial charge in [-0.1, -0.05) is 36.3 Å². The number of allylic oxidation sites excluding steroid dienone is 3. The van der Waals surface area contributed by atoms with Crippen LogP contribution in [-0.2, 0) is 6.42 Å². The smallest absolute Gasteiger partial charge is 0.342 e. The third kappa shape index (κ3) is 3.49. The van der Waals surface area contributed by atoms with Gasteiger partial charge in [-0.25, -0.2) is 14.1 Å². The summed E-state index contributed by atoms with van der Waals surface area (Å²) >= 11 is 0. The van der Waals surface area contributed by atoms with Crippen molar-refractivity contribution in [2.45, 2.75) is 44.7 Å². The van der Waals surface area contributed by atoms with Crippen molar-refractivity contribution >= 4 is 17.1 Å². The van der Waals surface area contributed by atoms with E-state index in [1.54, 1.807) is 12.1 Å². The molecule has 194 valence electrons. The maximum absolute atomic E-state index is 14.4. The summed E-state index contributed by atoms with van der Waals surface area (Å²) in [4.78, 5) is 7.89. The normalized spacial score (nSPS) is 26.8. The fourth-order valence-corrected chi connectivity index (χ4v) is 7.08. The molecule has 1 N–H and O–H groups in total. The van der Waals surface area contributed by atoms with E-state index >= 15 is 0 Å². The van der Waals surface area contributed by atoms with Crippen molar-refractivity contribution in [1.82, 2.24) is 19.7 Å². The van der Waals surface area contributed by atoms with Crippen molar-refractivity contribution in [3.05, 3.63) is 94.8 Å². The number of H-pyrrole nitrogens is 1. The van der Waals surface area contributed by atoms with Gasteiger partial charge in [0.1, 0.15) is 11.6 Å². The largest absolute Gasteiger partial charge is 0.392 e. The van der Waals surface area contributed by atoms with Crippen LogP contribution in [0, 0.1) is 23.1 Å². The minimum atomic E-state index is -4.32. The van der Waals surface area contributed by atoms with Crippen LogP contribution < -0.4 is 0 Å². The Bertz CT molecular complexity index is 1570. The second-order valence-corrected chi connectivity index (χ2v) is 11.0. The Morgan fingerprint density at radius 1 is 1.08 bits per heavy atom. The number of halogens is 4. The molecule has 0 saturated heterocycles. The van der Waals surface area contributed by atoms with E-state index in [4.69, 9.17) is 0 Å². The topological polar surface area (TPSA) is 46.5 Å². The number of fused-ring (bicyclic) bond motifs is 5. The fourth-order valence-electron chi connectivity index (χ4n) is 7.08. The molecule has 7 rings (SSSR count). The summed E-state index contributed by atoms with van der Waals surface area (Å²) in [6, 6.07) is 13.6. The van der Waals surface area contributed by atoms with Crippen molar-refractivity contribution in [3.8, 4) is 5.69 Å². The molecule has 4 nitrogen and oxygen atoms in total. The van der Waals surface area contributed by atoms with Crippen LogP contribution in [0.3, 0.4) is 0 Å². The van der Waals surface area contributed by atoms with Crippen LogP contribution in [-0.4, -0.2) is 25.9 Å². The second kappa shape index (κ2) is 8.16. The first-order valence-electron chi connectivity index (χ1n) is 13.0. The predicted octanol–water partition coefficient (Wildman–Crippen LogP) is 7.54. The van der Waals surface area contributed by atoms with Gasteiger partial charge >= 0.3 is 6.18 Å². The SMILES string of the molecule is C[C@]12Cc3cnn(-c4ccc(F)cc4)c3C=C1CCC1C2=CC[C@@H](C(F)(F)F)[C@@H]1c1nc2ccccc2[nH]1. The summed E-state index contributed by atoms with van der Waals surface area (Å²) in [7, 11) is 0. The molecule has 38 heavy (non-hydrogen) atoms. The summed E-state index contributed by atoms with van der Waals surface area (Å²) < 4.78 is 58.5. The lowest BCUT2D eigenvalue weighted by Gasteiger charge is -2.50. The molecule has 1 saturated carbocycles. The molecule has 4 atom stereocenters. The van der Waals surface area contributed by atoms with Gasteiger partial charge in [-0.05, 0) is 79.6 Å². The Morgan fingerprint density at radius 3 is 2.63 bits per heavy atom. The minimum Gasteiger partial charge on any atom is -0.342 e. The van der Waals surface area contributed by atoms with Gasteiger partial charge in [0.15, 0.2) is 0 Å². The lowest BCUT2D eigenvalue weighted by atomic mass is 9.54. The molecular formula is C30H26F4N4. The summed E-state index contributed by atoms with van der Waals surface area (Å²) in [5.41, 5.74) is 6.15. The highest BCUT2D eigenvalue weighted by Gasteiger charge is 2.55. The van der Waals surface area contributed by atoms with Crippen LogP contribution in [0.4, 0.5) is 17.6 Å². The average molecular weight is 519 g/mol. The standard InChI is InChI=1S/C30H26F4N4/c1-29-15-17-16-35-38(20-9-7-19(31)8-10-20)26(17)14-18(29)6-11-21-22(29)12-13-23(30(32,33)34)27(21)28-36-24-4-2-3-5-25(24)37-28/h2-5,7-10,12,14,16,21,23,27H,6,11,13,15H2,1H3,(H,36,37)/t21?,23-,27-,29+/m1/s1. The molecule has 0 aliphatic heterocycles. The third-order valence-corrected chi connectivity index (χ3v) is 8.88. The molecular weight excluding hydrogens is 492 g/mol. The Kier molecular flexibility index (Phi) is 5.03. The predicted molar refractivity (Wildman–Crippen MR) is 137 cm³/mol. The zero-order valence-electron chi connectivity index (χ0n) is 20.8. The molecule has 0 amide bonds. The highest BCUT2D eigenvalue weighted by Crippen LogP contribution is 2.60. The molecule has 3 aliphatic carbocycles. The van der Waals surface area contributed by atoms with E-state index in [2.05, 4.69) is 28.1 Å². The van der Waals surface area contributed by atoms with E-state index in [1.807, 2.05) is 41.2 Å². The first-order valence-corrected chi connectivity index (χ1v) is 13.0. The van der Waals surface area contributed by atoms with Gasteiger partial charge in [0, 0.05) is 11.3 Å². The lowest BCUT2D eigenvalue weighted by Crippen LogP contribution is -2.44. The zero-order valence-corrected chi connectivity index (χ0v) is 20.8. The van der Waals surface area contributed by atoms with Gasteiger partial charge in [-0.15, -0.1) is 0 Å². The maximum Gasteiger partial charge on any atom is 0.392 e. The first-order chi connectivity index (χ1) is 18.2. The number of nitrogens with zero attached hydrogens (tertiary/aromatic N) is 3. The monoisotopic (exact) mass is 518 g/mol. The summed E-state index contributed by atoms with van der Waals surface area (Å²) in [6.07, 6.45) is 3.47. The first kappa shape index (κ1) is 23.4. The van der Waals surface area contributed by atoms with Gasteiger partial charge in [0.2, 0.25) is 0 Å². The van der Waals surface area contributed by atoms with E-state index in [0.717, 1.165) is 28.0 Å². The average Bonchev–Trinajstić information content (AvgIpc) is 3.50. The van der Waals surface area contributed by atoms with E-state index in [9.17, 15) is 17.6 Å². The highest BCUT2D eigenvalue weighted by molar-refractivity contribution is 5.75. The molecule has 3 aliphatic rings. The molecule has 2 aromatic carbocycles. The minimum absolute atomic E-state index is 0.0540. The van der Waals surface area contributed by atoms with Crippen molar-refractivity contribution in [2.24, 2.45) is 17.3 Å². The van der Waals surface area contributed by atoms with E-state index in [1.165, 1.54) is 17.7 Å². The number of nitrogens with one attached hydrogen (secondary N) is 1. The number of imidazole rings is 1. The van der Waals surface area contributed by atoms with E-state index < -0.39 is 18.0 Å². The van der Waals surface area contributed by atoms with Gasteiger partial charge in [-0.2, -0.15) is 18.3 Å². The van der Waals surface area contributed by atoms with Gasteiger partial charge in [0.25, 0.3) is 0 Å². The number of aromatic amines is 1. The molecule has 0 bridgehead atoms. The van der Waals surface area contributed by atoms with Crippen LogP contribution in [0.25, 0.3) is 22.8 Å². The molecule has 2 aromatic heterocycles. The van der Waals surface area contributed by atoms with E-state index in [-0.39, 0.29) is 23.6 Å². The lowest BCUT2D eigenvalue weighted by molar-refractivity contribution is -0.186. The Balaban J connectivity index is 1.30. The van der Waals surface area contributed by atoms with Crippen molar-refractivity contribution < 1.29 is 17.6 Å². The van der Waals surface area contributed by atoms with E-state index in [0.29, 0.717) is 30.6 Å². The number of alkyl halides is 3. The summed E-state index contributed by atoms with van der Waals surface area (Å²) in [5, 5.41) is 4.59. The van der Waals surface area contributed by atoms with Crippen molar-refractivity contribution in [1.29, 1.82) is 0 Å². The van der Waals surface area contributed by atoms with Gasteiger partial charge in [0.05, 0.1) is 34.5 Å². The molecule has 0 spiro atoms. The molecule has 0 radical (unpaired) electrons. The van der Waals surface area contributed by atoms with Crippen LogP contribution in [0.2, 0.25) is 0 Å². The van der Waals surface area contributed by atoms with Crippen LogP contribution in [0.5, 0.6) is 0 Å². The quantitative estimate of drug-likeness (QED) is 0.220. The number of aromatic nitrogens is 4. The molecule has 8 heteroatoms. The van der Waals surface area contributed by atoms with Crippen LogP contribution in [0.15, 0.2) is 72.0 Å². The molecule has 1 fully saturated rings. The zero-order chi connectivity index (χ0) is 26.2. The number of para-hydroxylation sites is 2. The number of hydrogen-bond donors (Lipinski definition) is 1. The van der Waals surface area contributed by atoms with Gasteiger partial charge < -0.3 is 4.98 Å². The van der Waals surface area contributed by atoms with Crippen molar-refractivity contribution in [3.63, 3.8) is 0 Å². The van der Waals surface area contributed by atoms with Crippen LogP contribution in [0.1, 0.15) is 49.2 Å². The fraction of sp³-hybridized carbons (Fsp3) is 0.333.